The van der Waals surface area contributed by atoms with Crippen molar-refractivity contribution in [1.29, 1.82) is 0 Å². The van der Waals surface area contributed by atoms with Gasteiger partial charge in [-0.2, -0.15) is 0 Å². The Kier molecular flexibility index (Phi) is 33.9. The molecule has 0 radical (unpaired) electrons. The molecule has 0 aromatic rings. The second-order valence-electron chi connectivity index (χ2n) is 11.0. The van der Waals surface area contributed by atoms with Crippen LogP contribution in [0.1, 0.15) is 27.7 Å². The largest absolute Gasteiger partial charge is 0.463 e. The second kappa shape index (κ2) is 35.1. The van der Waals surface area contributed by atoms with Gasteiger partial charge in [0.2, 0.25) is 0 Å². The molecule has 0 aliphatic carbocycles. The van der Waals surface area contributed by atoms with E-state index >= 15 is 0 Å². The number of carbonyl (C=O) groups is 2. The van der Waals surface area contributed by atoms with Crippen LogP contribution in [0.3, 0.4) is 0 Å². The molecule has 0 rings (SSSR count). The summed E-state index contributed by atoms with van der Waals surface area (Å²) in [6.45, 7) is 17.9. The number of ether oxygens (including phenoxy) is 13. The Hall–Kier alpha value is -1.70. The van der Waals surface area contributed by atoms with E-state index in [0.29, 0.717) is 152 Å². The molecular weight excluding hydrogens is 638 g/mol. The van der Waals surface area contributed by atoms with Crippen molar-refractivity contribution < 1.29 is 71.2 Å². The van der Waals surface area contributed by atoms with Gasteiger partial charge in [0.05, 0.1) is 145 Å². The lowest BCUT2D eigenvalue weighted by Gasteiger charge is -2.24. The van der Waals surface area contributed by atoms with E-state index in [2.05, 4.69) is 0 Å². The molecule has 0 heterocycles. The Morgan fingerprint density at radius 1 is 0.417 bits per heavy atom. The van der Waals surface area contributed by atoms with Crippen molar-refractivity contribution in [3.8, 4) is 0 Å². The highest BCUT2D eigenvalue weighted by atomic mass is 16.6. The van der Waals surface area contributed by atoms with Gasteiger partial charge in [-0.1, -0.05) is 0 Å². The molecule has 0 aliphatic heterocycles. The van der Waals surface area contributed by atoms with Crippen molar-refractivity contribution in [1.82, 2.24) is 4.90 Å². The van der Waals surface area contributed by atoms with Gasteiger partial charge in [0.1, 0.15) is 12.2 Å². The summed E-state index contributed by atoms with van der Waals surface area (Å²) >= 11 is 0. The van der Waals surface area contributed by atoms with Gasteiger partial charge in [0, 0.05) is 20.5 Å². The molecule has 16 nitrogen and oxygen atoms in total. The van der Waals surface area contributed by atoms with Crippen molar-refractivity contribution in [3.63, 3.8) is 0 Å². The summed E-state index contributed by atoms with van der Waals surface area (Å²) in [6.07, 6.45) is -0.368. The molecule has 16 heteroatoms. The fourth-order valence-corrected chi connectivity index (χ4v) is 3.18. The summed E-state index contributed by atoms with van der Waals surface area (Å²) in [4.78, 5) is 23.9. The Morgan fingerprint density at radius 2 is 0.646 bits per heavy atom. The Labute approximate surface area is 287 Å². The Morgan fingerprint density at radius 3 is 0.875 bits per heavy atom. The van der Waals surface area contributed by atoms with Crippen LogP contribution in [-0.4, -0.2) is 188 Å². The van der Waals surface area contributed by atoms with Crippen LogP contribution in [0.2, 0.25) is 0 Å². The summed E-state index contributed by atoms with van der Waals surface area (Å²) in [5.74, 6) is -0.315. The minimum Gasteiger partial charge on any atom is -0.463 e. The molecule has 1 amide bonds. The van der Waals surface area contributed by atoms with Gasteiger partial charge >= 0.3 is 12.1 Å². The van der Waals surface area contributed by atoms with E-state index in [1.807, 2.05) is 20.8 Å². The molecule has 0 fully saturated rings. The van der Waals surface area contributed by atoms with Gasteiger partial charge in [-0.25, -0.2) is 4.79 Å². The first kappa shape index (κ1) is 46.3. The summed E-state index contributed by atoms with van der Waals surface area (Å²) in [5, 5.41) is 0. The summed E-state index contributed by atoms with van der Waals surface area (Å²) < 4.78 is 69.8. The third-order valence-electron chi connectivity index (χ3n) is 5.53. The highest BCUT2D eigenvalue weighted by molar-refractivity contribution is 5.67. The number of esters is 1. The Bertz CT molecular complexity index is 711. The molecule has 0 saturated heterocycles. The van der Waals surface area contributed by atoms with Crippen LogP contribution in [0, 0.1) is 0 Å². The number of carbonyl (C=O) groups excluding carboxylic acids is 2. The normalized spacial score (nSPS) is 11.6. The number of amides is 1. The van der Waals surface area contributed by atoms with Crippen LogP contribution in [0.4, 0.5) is 4.79 Å². The third kappa shape index (κ3) is 38.7. The lowest BCUT2D eigenvalue weighted by atomic mass is 10.2. The van der Waals surface area contributed by atoms with E-state index in [9.17, 15) is 9.59 Å². The van der Waals surface area contributed by atoms with Crippen molar-refractivity contribution in [3.05, 3.63) is 0 Å². The van der Waals surface area contributed by atoms with E-state index in [0.717, 1.165) is 0 Å². The SMILES string of the molecule is CC(=O)OCCOCCOCCOCCOCCOCCOCCOCCOCCOCCOCCOCCN(C)C(=O)OC(C)(C)C. The molecule has 0 aromatic carbocycles. The number of hydrogen-bond acceptors (Lipinski definition) is 15. The van der Waals surface area contributed by atoms with Crippen molar-refractivity contribution in [2.24, 2.45) is 0 Å². The van der Waals surface area contributed by atoms with E-state index in [1.165, 1.54) is 11.8 Å². The molecule has 0 aliphatic rings. The summed E-state index contributed by atoms with van der Waals surface area (Å²) in [7, 11) is 1.68. The monoisotopic (exact) mass is 701 g/mol. The van der Waals surface area contributed by atoms with Crippen molar-refractivity contribution in [2.45, 2.75) is 33.3 Å². The molecule has 286 valence electrons. The van der Waals surface area contributed by atoms with Gasteiger partial charge in [0.15, 0.2) is 0 Å². The van der Waals surface area contributed by atoms with E-state index in [1.54, 1.807) is 7.05 Å². The van der Waals surface area contributed by atoms with Crippen molar-refractivity contribution >= 4 is 12.1 Å². The maximum absolute atomic E-state index is 11.9. The zero-order valence-electron chi connectivity index (χ0n) is 30.0. The van der Waals surface area contributed by atoms with E-state index < -0.39 is 5.60 Å². The van der Waals surface area contributed by atoms with E-state index in [-0.39, 0.29) is 18.7 Å². The van der Waals surface area contributed by atoms with Crippen LogP contribution in [0.25, 0.3) is 0 Å². The topological polar surface area (TPSA) is 157 Å². The molecule has 0 saturated carbocycles. The first-order valence-corrected chi connectivity index (χ1v) is 16.6. The highest BCUT2D eigenvalue weighted by Gasteiger charge is 2.19. The predicted molar refractivity (Wildman–Crippen MR) is 175 cm³/mol. The van der Waals surface area contributed by atoms with Gasteiger partial charge in [0.25, 0.3) is 0 Å². The molecule has 0 unspecified atom stereocenters. The summed E-state index contributed by atoms with van der Waals surface area (Å²) in [5.41, 5.74) is -0.513. The molecule has 0 aromatic heterocycles. The predicted octanol–water partition coefficient (Wildman–Crippen LogP) is 1.60. The molecular formula is C32H63NO15. The third-order valence-corrected chi connectivity index (χ3v) is 5.53. The molecule has 48 heavy (non-hydrogen) atoms. The van der Waals surface area contributed by atoms with Gasteiger partial charge in [-0.05, 0) is 20.8 Å². The average Bonchev–Trinajstić information content (AvgIpc) is 3.03. The maximum Gasteiger partial charge on any atom is 0.410 e. The second-order valence-corrected chi connectivity index (χ2v) is 11.0. The van der Waals surface area contributed by atoms with Gasteiger partial charge in [-0.15, -0.1) is 0 Å². The minimum absolute atomic E-state index is 0.253. The molecule has 0 bridgehead atoms. The fourth-order valence-electron chi connectivity index (χ4n) is 3.18. The molecule has 0 atom stereocenters. The fraction of sp³-hybridized carbons (Fsp3) is 0.938. The van der Waals surface area contributed by atoms with Crippen LogP contribution >= 0.6 is 0 Å². The summed E-state index contributed by atoms with van der Waals surface area (Å²) in [6, 6.07) is 0. The smallest absolute Gasteiger partial charge is 0.410 e. The number of rotatable bonds is 36. The van der Waals surface area contributed by atoms with Gasteiger partial charge < -0.3 is 66.5 Å². The number of hydrogen-bond donors (Lipinski definition) is 0. The Balaban J connectivity index is 3.14. The first-order valence-electron chi connectivity index (χ1n) is 16.6. The number of nitrogens with zero attached hydrogens (tertiary/aromatic N) is 1. The molecule has 0 spiro atoms. The van der Waals surface area contributed by atoms with E-state index in [4.69, 9.17) is 61.6 Å². The highest BCUT2D eigenvalue weighted by Crippen LogP contribution is 2.08. The lowest BCUT2D eigenvalue weighted by molar-refractivity contribution is -0.142. The quantitative estimate of drug-likeness (QED) is 0.0685. The van der Waals surface area contributed by atoms with Crippen LogP contribution in [0.15, 0.2) is 0 Å². The van der Waals surface area contributed by atoms with Crippen molar-refractivity contribution in [2.75, 3.05) is 166 Å². The van der Waals surface area contributed by atoms with Crippen LogP contribution in [-0.2, 0) is 66.4 Å². The zero-order valence-corrected chi connectivity index (χ0v) is 30.0. The molecule has 0 N–H and O–H groups in total. The maximum atomic E-state index is 11.9. The lowest BCUT2D eigenvalue weighted by Crippen LogP contribution is -2.36. The van der Waals surface area contributed by atoms with Crippen LogP contribution in [0.5, 0.6) is 0 Å². The standard InChI is InChI=1S/C32H63NO15/c1-30(34)47-29-28-46-27-26-45-25-24-44-23-22-43-21-20-42-19-18-41-17-16-40-15-14-39-13-12-38-11-10-37-9-8-36-7-6-33(5)31(35)48-32(2,3)4/h6-29H2,1-5H3. The van der Waals surface area contributed by atoms with Gasteiger partial charge in [-0.3, -0.25) is 4.79 Å². The average molecular weight is 702 g/mol. The number of likely N-dealkylation sites (N-methyl/N-ethyl adjacent to an activating group) is 1. The first-order chi connectivity index (χ1) is 23.2. The van der Waals surface area contributed by atoms with Crippen LogP contribution < -0.4 is 0 Å². The zero-order chi connectivity index (χ0) is 35.4. The minimum atomic E-state index is -0.513.